The third-order valence-corrected chi connectivity index (χ3v) is 5.56. The third-order valence-electron chi connectivity index (χ3n) is 4.54. The number of nitrogens with one attached hydrogen (secondary N) is 1. The van der Waals surface area contributed by atoms with E-state index in [1.54, 1.807) is 4.90 Å². The average molecular weight is 383 g/mol. The van der Waals surface area contributed by atoms with E-state index in [1.165, 1.54) is 4.90 Å². The van der Waals surface area contributed by atoms with Gasteiger partial charge in [-0.1, -0.05) is 26.0 Å². The van der Waals surface area contributed by atoms with Crippen molar-refractivity contribution in [2.45, 2.75) is 50.2 Å². The van der Waals surface area contributed by atoms with Gasteiger partial charge in [0.25, 0.3) is 0 Å². The fraction of sp³-hybridized carbons (Fsp3) is 0.364. The molecule has 4 nitrogen and oxygen atoms in total. The number of carbonyl (C=O) groups is 2. The number of hydrogen-bond acceptors (Lipinski definition) is 3. The highest BCUT2D eigenvalue weighted by atomic mass is 32.2. The van der Waals surface area contributed by atoms with Gasteiger partial charge in [0.15, 0.2) is 0 Å². The number of hydrogen-bond donors (Lipinski definition) is 1. The van der Waals surface area contributed by atoms with Crippen LogP contribution in [0.4, 0.5) is 11.4 Å². The molecule has 142 valence electrons. The second-order valence-corrected chi connectivity index (χ2v) is 8.67. The first-order valence-electron chi connectivity index (χ1n) is 9.45. The van der Waals surface area contributed by atoms with Crippen molar-refractivity contribution in [1.29, 1.82) is 0 Å². The van der Waals surface area contributed by atoms with Crippen LogP contribution in [0.2, 0.25) is 0 Å². The Kier molecular flexibility index (Phi) is 6.22. The zero-order valence-electron chi connectivity index (χ0n) is 16.1. The number of nitrogens with zero attached hydrogens (tertiary/aromatic N) is 1. The number of anilines is 2. The SMILES string of the molecule is CCN1C(=O)CCc2cc(NC(=O)Cc3ccc(SC(C)C)cc3)ccc21. The molecule has 27 heavy (non-hydrogen) atoms. The minimum absolute atomic E-state index is 0.0292. The molecule has 1 heterocycles. The highest BCUT2D eigenvalue weighted by Crippen LogP contribution is 2.30. The summed E-state index contributed by atoms with van der Waals surface area (Å²) in [6.07, 6.45) is 1.60. The van der Waals surface area contributed by atoms with E-state index in [2.05, 4.69) is 31.3 Å². The summed E-state index contributed by atoms with van der Waals surface area (Å²) in [5.74, 6) is 0.138. The van der Waals surface area contributed by atoms with Crippen LogP contribution in [0.1, 0.15) is 38.3 Å². The van der Waals surface area contributed by atoms with Gasteiger partial charge in [0.1, 0.15) is 0 Å². The van der Waals surface area contributed by atoms with Gasteiger partial charge in [-0.15, -0.1) is 11.8 Å². The van der Waals surface area contributed by atoms with Gasteiger partial charge in [-0.3, -0.25) is 9.59 Å². The second kappa shape index (κ2) is 8.61. The number of fused-ring (bicyclic) bond motifs is 1. The summed E-state index contributed by atoms with van der Waals surface area (Å²) in [5, 5.41) is 3.53. The van der Waals surface area contributed by atoms with Crippen LogP contribution in [-0.2, 0) is 22.4 Å². The molecule has 0 spiro atoms. The molecule has 0 bridgehead atoms. The van der Waals surface area contributed by atoms with Gasteiger partial charge in [0, 0.05) is 34.5 Å². The van der Waals surface area contributed by atoms with Crippen molar-refractivity contribution in [1.82, 2.24) is 0 Å². The first kappa shape index (κ1) is 19.5. The van der Waals surface area contributed by atoms with Crippen LogP contribution < -0.4 is 10.2 Å². The summed E-state index contributed by atoms with van der Waals surface area (Å²) in [4.78, 5) is 27.4. The lowest BCUT2D eigenvalue weighted by atomic mass is 10.0. The monoisotopic (exact) mass is 382 g/mol. The molecule has 0 radical (unpaired) electrons. The predicted octanol–water partition coefficient (Wildman–Crippen LogP) is 4.67. The summed E-state index contributed by atoms with van der Waals surface area (Å²) < 4.78 is 0. The number of amides is 2. The van der Waals surface area contributed by atoms with Crippen molar-refractivity contribution in [2.75, 3.05) is 16.8 Å². The molecule has 0 aromatic heterocycles. The average Bonchev–Trinajstić information content (AvgIpc) is 2.63. The van der Waals surface area contributed by atoms with Crippen LogP contribution >= 0.6 is 11.8 Å². The zero-order chi connectivity index (χ0) is 19.4. The number of rotatable bonds is 6. The molecule has 2 amide bonds. The van der Waals surface area contributed by atoms with Gasteiger partial charge in [0.2, 0.25) is 11.8 Å². The van der Waals surface area contributed by atoms with E-state index in [1.807, 2.05) is 49.0 Å². The fourth-order valence-electron chi connectivity index (χ4n) is 3.33. The molecule has 2 aromatic rings. The normalized spacial score (nSPS) is 13.6. The third kappa shape index (κ3) is 4.92. The van der Waals surface area contributed by atoms with E-state index < -0.39 is 0 Å². The first-order valence-corrected chi connectivity index (χ1v) is 10.3. The van der Waals surface area contributed by atoms with Crippen LogP contribution in [-0.4, -0.2) is 23.6 Å². The van der Waals surface area contributed by atoms with Crippen LogP contribution in [0.25, 0.3) is 0 Å². The minimum Gasteiger partial charge on any atom is -0.326 e. The Balaban J connectivity index is 1.64. The van der Waals surface area contributed by atoms with Crippen molar-refractivity contribution < 1.29 is 9.59 Å². The Morgan fingerprint density at radius 3 is 2.56 bits per heavy atom. The maximum absolute atomic E-state index is 12.4. The van der Waals surface area contributed by atoms with E-state index in [9.17, 15) is 9.59 Å². The topological polar surface area (TPSA) is 49.4 Å². The predicted molar refractivity (Wildman–Crippen MR) is 113 cm³/mol. The molecule has 2 aromatic carbocycles. The van der Waals surface area contributed by atoms with Gasteiger partial charge in [-0.25, -0.2) is 0 Å². The highest BCUT2D eigenvalue weighted by molar-refractivity contribution is 7.99. The summed E-state index contributed by atoms with van der Waals surface area (Å²) in [6.45, 7) is 6.98. The summed E-state index contributed by atoms with van der Waals surface area (Å²) >= 11 is 1.82. The molecule has 5 heteroatoms. The van der Waals surface area contributed by atoms with Gasteiger partial charge < -0.3 is 10.2 Å². The smallest absolute Gasteiger partial charge is 0.228 e. The maximum atomic E-state index is 12.4. The van der Waals surface area contributed by atoms with E-state index in [4.69, 9.17) is 0 Å². The van der Waals surface area contributed by atoms with Gasteiger partial charge in [0.05, 0.1) is 6.42 Å². The van der Waals surface area contributed by atoms with Crippen LogP contribution in [0.15, 0.2) is 47.4 Å². The molecular formula is C22H26N2O2S. The van der Waals surface area contributed by atoms with E-state index >= 15 is 0 Å². The molecule has 0 aliphatic carbocycles. The highest BCUT2D eigenvalue weighted by Gasteiger charge is 2.22. The molecule has 1 N–H and O–H groups in total. The van der Waals surface area contributed by atoms with Crippen molar-refractivity contribution in [3.63, 3.8) is 0 Å². The summed E-state index contributed by atoms with van der Waals surface area (Å²) in [5.41, 5.74) is 3.87. The first-order chi connectivity index (χ1) is 13.0. The van der Waals surface area contributed by atoms with Gasteiger partial charge >= 0.3 is 0 Å². The van der Waals surface area contributed by atoms with Crippen molar-refractivity contribution >= 4 is 35.0 Å². The Morgan fingerprint density at radius 2 is 1.89 bits per heavy atom. The summed E-state index contributed by atoms with van der Waals surface area (Å²) in [7, 11) is 0. The molecule has 0 unspecified atom stereocenters. The number of carbonyl (C=O) groups excluding carboxylic acids is 2. The largest absolute Gasteiger partial charge is 0.326 e. The standard InChI is InChI=1S/C22H26N2O2S/c1-4-24-20-11-8-18(14-17(20)7-12-22(24)26)23-21(25)13-16-5-9-19(10-6-16)27-15(2)3/h5-6,8-11,14-15H,4,7,12-13H2,1-3H3,(H,23,25). The fourth-order valence-corrected chi connectivity index (χ4v) is 4.17. The second-order valence-electron chi connectivity index (χ2n) is 7.02. The zero-order valence-corrected chi connectivity index (χ0v) is 16.9. The lowest BCUT2D eigenvalue weighted by Gasteiger charge is -2.28. The molecule has 0 atom stereocenters. The molecule has 0 fully saturated rings. The Morgan fingerprint density at radius 1 is 1.15 bits per heavy atom. The summed E-state index contributed by atoms with van der Waals surface area (Å²) in [6, 6.07) is 14.0. The molecular weight excluding hydrogens is 356 g/mol. The van der Waals surface area contributed by atoms with E-state index in [-0.39, 0.29) is 11.8 Å². The minimum atomic E-state index is -0.0292. The number of benzene rings is 2. The molecule has 1 aliphatic rings. The van der Waals surface area contributed by atoms with Crippen molar-refractivity contribution in [2.24, 2.45) is 0 Å². The van der Waals surface area contributed by atoms with E-state index in [0.29, 0.717) is 24.6 Å². The number of aryl methyl sites for hydroxylation is 1. The Bertz CT molecular complexity index is 831. The Labute approximate surface area is 165 Å². The van der Waals surface area contributed by atoms with Gasteiger partial charge in [-0.2, -0.15) is 0 Å². The van der Waals surface area contributed by atoms with Crippen molar-refractivity contribution in [3.8, 4) is 0 Å². The number of thioether (sulfide) groups is 1. The maximum Gasteiger partial charge on any atom is 0.228 e. The van der Waals surface area contributed by atoms with Crippen LogP contribution in [0.3, 0.4) is 0 Å². The van der Waals surface area contributed by atoms with Crippen molar-refractivity contribution in [3.05, 3.63) is 53.6 Å². The van der Waals surface area contributed by atoms with Crippen LogP contribution in [0, 0.1) is 0 Å². The lowest BCUT2D eigenvalue weighted by molar-refractivity contribution is -0.119. The van der Waals surface area contributed by atoms with Crippen LogP contribution in [0.5, 0.6) is 0 Å². The van der Waals surface area contributed by atoms with Gasteiger partial charge in [-0.05, 0) is 54.8 Å². The molecule has 0 saturated carbocycles. The van der Waals surface area contributed by atoms with E-state index in [0.717, 1.165) is 28.9 Å². The quantitative estimate of drug-likeness (QED) is 0.739. The lowest BCUT2D eigenvalue weighted by Crippen LogP contribution is -2.34. The Hall–Kier alpha value is -2.27. The molecule has 3 rings (SSSR count). The molecule has 1 aliphatic heterocycles. The molecule has 0 saturated heterocycles.